The maximum Gasteiger partial charge on any atom is 0.277 e. The van der Waals surface area contributed by atoms with Gasteiger partial charge in [0.2, 0.25) is 0 Å². The van der Waals surface area contributed by atoms with Crippen molar-refractivity contribution in [3.8, 4) is 5.75 Å². The Morgan fingerprint density at radius 2 is 1.88 bits per heavy atom. The van der Waals surface area contributed by atoms with Gasteiger partial charge >= 0.3 is 0 Å². The molecule has 2 aromatic rings. The molecule has 1 N–H and O–H groups in total. The van der Waals surface area contributed by atoms with Crippen molar-refractivity contribution in [2.75, 3.05) is 6.61 Å². The topological polar surface area (TPSA) is 63.6 Å². The summed E-state index contributed by atoms with van der Waals surface area (Å²) >= 11 is 0. The van der Waals surface area contributed by atoms with E-state index in [1.165, 1.54) is 5.56 Å². The van der Waals surface area contributed by atoms with Gasteiger partial charge in [-0.25, -0.2) is 5.43 Å². The molecule has 0 spiro atoms. The smallest absolute Gasteiger partial charge is 0.277 e. The predicted octanol–water partition coefficient (Wildman–Crippen LogP) is 3.30. The third kappa shape index (κ3) is 5.19. The number of rotatable bonds is 5. The fraction of sp³-hybridized carbons (Fsp3) is 0.316. The number of carbonyl (C=O) groups is 1. The Morgan fingerprint density at radius 1 is 1.17 bits per heavy atom. The molecule has 5 nitrogen and oxygen atoms in total. The Morgan fingerprint density at radius 3 is 2.46 bits per heavy atom. The fourth-order valence-corrected chi connectivity index (χ4v) is 2.01. The lowest BCUT2D eigenvalue weighted by atomic mass is 9.87. The molecule has 0 aliphatic carbocycles. The van der Waals surface area contributed by atoms with Crippen molar-refractivity contribution in [1.82, 2.24) is 10.4 Å². The zero-order valence-corrected chi connectivity index (χ0v) is 14.5. The maximum absolute atomic E-state index is 11.8. The van der Waals surface area contributed by atoms with Gasteiger partial charge in [0.1, 0.15) is 5.75 Å². The summed E-state index contributed by atoms with van der Waals surface area (Å²) in [5.41, 5.74) is 5.14. The van der Waals surface area contributed by atoms with Gasteiger partial charge in [-0.1, -0.05) is 39.0 Å². The summed E-state index contributed by atoms with van der Waals surface area (Å²) < 4.78 is 5.48. The summed E-state index contributed by atoms with van der Waals surface area (Å²) in [6.07, 6.45) is 1.68. The molecule has 0 radical (unpaired) electrons. The molecule has 0 saturated heterocycles. The van der Waals surface area contributed by atoms with Crippen LogP contribution in [0.3, 0.4) is 0 Å². The van der Waals surface area contributed by atoms with Crippen LogP contribution in [0.5, 0.6) is 5.75 Å². The molecule has 1 amide bonds. The van der Waals surface area contributed by atoms with Crippen molar-refractivity contribution in [2.45, 2.75) is 33.1 Å². The van der Waals surface area contributed by atoms with Crippen LogP contribution in [0.2, 0.25) is 0 Å². The molecule has 1 aromatic carbocycles. The number of carbonyl (C=O) groups excluding carboxylic acids is 1. The monoisotopic (exact) mass is 325 g/mol. The number of hydrogen-bond acceptors (Lipinski definition) is 4. The molecule has 0 fully saturated rings. The number of amides is 1. The highest BCUT2D eigenvalue weighted by Gasteiger charge is 2.13. The molecule has 0 bridgehead atoms. The first-order chi connectivity index (χ1) is 11.4. The summed E-state index contributed by atoms with van der Waals surface area (Å²) in [6.45, 7) is 8.15. The normalized spacial score (nSPS) is 11.9. The molecule has 0 atom stereocenters. The first-order valence-electron chi connectivity index (χ1n) is 7.84. The van der Waals surface area contributed by atoms with Crippen LogP contribution in [0.25, 0.3) is 0 Å². The number of pyridine rings is 1. The van der Waals surface area contributed by atoms with E-state index in [1.54, 1.807) is 13.1 Å². The largest absolute Gasteiger partial charge is 0.484 e. The second-order valence-electron chi connectivity index (χ2n) is 6.51. The van der Waals surface area contributed by atoms with E-state index in [4.69, 9.17) is 4.74 Å². The number of nitrogens with zero attached hydrogens (tertiary/aromatic N) is 2. The molecular formula is C19H23N3O2. The van der Waals surface area contributed by atoms with E-state index >= 15 is 0 Å². The van der Waals surface area contributed by atoms with E-state index < -0.39 is 0 Å². The molecule has 1 heterocycles. The molecule has 1 aromatic heterocycles. The molecule has 0 saturated carbocycles. The summed E-state index contributed by atoms with van der Waals surface area (Å²) in [5, 5.41) is 4.03. The van der Waals surface area contributed by atoms with Crippen molar-refractivity contribution in [3.63, 3.8) is 0 Å². The van der Waals surface area contributed by atoms with E-state index in [0.717, 1.165) is 5.69 Å². The second-order valence-corrected chi connectivity index (χ2v) is 6.51. The molecule has 5 heteroatoms. The Hall–Kier alpha value is -2.69. The third-order valence-corrected chi connectivity index (χ3v) is 3.47. The van der Waals surface area contributed by atoms with E-state index in [9.17, 15) is 4.79 Å². The number of ether oxygens (including phenoxy) is 1. The van der Waals surface area contributed by atoms with Gasteiger partial charge in [-0.15, -0.1) is 0 Å². The number of nitrogens with one attached hydrogen (secondary N) is 1. The molecule has 0 aliphatic rings. The van der Waals surface area contributed by atoms with Crippen LogP contribution in [-0.2, 0) is 10.2 Å². The van der Waals surface area contributed by atoms with Crippen LogP contribution < -0.4 is 10.2 Å². The standard InChI is InChI=1S/C19H23N3O2/c1-14(17-7-5-6-12-20-17)21-22-18(23)13-24-16-10-8-15(9-11-16)19(2,3)4/h5-12H,13H2,1-4H3,(H,22,23). The number of hydrazone groups is 1. The third-order valence-electron chi connectivity index (χ3n) is 3.47. The minimum Gasteiger partial charge on any atom is -0.484 e. The summed E-state index contributed by atoms with van der Waals surface area (Å²) in [7, 11) is 0. The van der Waals surface area contributed by atoms with E-state index in [2.05, 4.69) is 36.3 Å². The highest BCUT2D eigenvalue weighted by Crippen LogP contribution is 2.24. The minimum absolute atomic E-state index is 0.0894. The number of aromatic nitrogens is 1. The minimum atomic E-state index is -0.315. The van der Waals surface area contributed by atoms with Crippen LogP contribution in [0.15, 0.2) is 53.8 Å². The summed E-state index contributed by atoms with van der Waals surface area (Å²) in [6, 6.07) is 13.3. The van der Waals surface area contributed by atoms with Crippen LogP contribution in [0, 0.1) is 0 Å². The Bertz CT molecular complexity index is 702. The van der Waals surface area contributed by atoms with Gasteiger partial charge in [-0.2, -0.15) is 5.10 Å². The van der Waals surface area contributed by atoms with Crippen LogP contribution in [-0.4, -0.2) is 23.2 Å². The van der Waals surface area contributed by atoms with Gasteiger partial charge in [-0.05, 0) is 42.2 Å². The van der Waals surface area contributed by atoms with Crippen molar-refractivity contribution in [1.29, 1.82) is 0 Å². The lowest BCUT2D eigenvalue weighted by Gasteiger charge is -2.19. The highest BCUT2D eigenvalue weighted by molar-refractivity contribution is 5.97. The SMILES string of the molecule is CC(=NNC(=O)COc1ccc(C(C)(C)C)cc1)c1ccccn1. The van der Waals surface area contributed by atoms with Crippen LogP contribution in [0.4, 0.5) is 0 Å². The molecule has 0 aliphatic heterocycles. The number of hydrogen-bond donors (Lipinski definition) is 1. The molecular weight excluding hydrogens is 302 g/mol. The van der Waals surface area contributed by atoms with Gasteiger partial charge in [0.15, 0.2) is 6.61 Å². The Labute approximate surface area is 142 Å². The van der Waals surface area contributed by atoms with Crippen molar-refractivity contribution >= 4 is 11.6 Å². The van der Waals surface area contributed by atoms with Crippen LogP contribution >= 0.6 is 0 Å². The van der Waals surface area contributed by atoms with E-state index in [-0.39, 0.29) is 17.9 Å². The van der Waals surface area contributed by atoms with Crippen molar-refractivity contribution < 1.29 is 9.53 Å². The average molecular weight is 325 g/mol. The molecule has 24 heavy (non-hydrogen) atoms. The molecule has 2 rings (SSSR count). The van der Waals surface area contributed by atoms with Crippen molar-refractivity contribution in [2.24, 2.45) is 5.10 Å². The first-order valence-corrected chi connectivity index (χ1v) is 7.84. The molecule has 126 valence electrons. The average Bonchev–Trinajstić information content (AvgIpc) is 2.58. The highest BCUT2D eigenvalue weighted by atomic mass is 16.5. The van der Waals surface area contributed by atoms with Gasteiger partial charge in [0, 0.05) is 6.20 Å². The van der Waals surface area contributed by atoms with Gasteiger partial charge < -0.3 is 4.74 Å². The molecule has 0 unspecified atom stereocenters. The summed E-state index contributed by atoms with van der Waals surface area (Å²) in [4.78, 5) is 16.0. The maximum atomic E-state index is 11.8. The lowest BCUT2D eigenvalue weighted by molar-refractivity contribution is -0.123. The zero-order valence-electron chi connectivity index (χ0n) is 14.5. The van der Waals surface area contributed by atoms with Crippen molar-refractivity contribution in [3.05, 3.63) is 59.9 Å². The first kappa shape index (κ1) is 17.7. The fourth-order valence-electron chi connectivity index (χ4n) is 2.01. The van der Waals surface area contributed by atoms with E-state index in [0.29, 0.717) is 11.5 Å². The zero-order chi connectivity index (χ0) is 17.6. The Balaban J connectivity index is 1.85. The van der Waals surface area contributed by atoms with Gasteiger partial charge in [0.25, 0.3) is 5.91 Å². The van der Waals surface area contributed by atoms with Gasteiger partial charge in [-0.3, -0.25) is 9.78 Å². The lowest BCUT2D eigenvalue weighted by Crippen LogP contribution is -2.25. The summed E-state index contributed by atoms with van der Waals surface area (Å²) in [5.74, 6) is 0.341. The predicted molar refractivity (Wildman–Crippen MR) is 95.2 cm³/mol. The second kappa shape index (κ2) is 7.73. The Kier molecular flexibility index (Phi) is 5.68. The van der Waals surface area contributed by atoms with E-state index in [1.807, 2.05) is 42.5 Å². The quantitative estimate of drug-likeness (QED) is 0.677. The van der Waals surface area contributed by atoms with Gasteiger partial charge in [0.05, 0.1) is 11.4 Å². The van der Waals surface area contributed by atoms with Crippen LogP contribution in [0.1, 0.15) is 39.0 Å². The number of benzene rings is 1.